The van der Waals surface area contributed by atoms with E-state index >= 15 is 0 Å². The summed E-state index contributed by atoms with van der Waals surface area (Å²) in [5, 5.41) is 17.0. The number of halogens is 1. The quantitative estimate of drug-likeness (QED) is 0.650. The van der Waals surface area contributed by atoms with E-state index in [0.29, 0.717) is 15.9 Å². The van der Waals surface area contributed by atoms with Gasteiger partial charge in [-0.15, -0.1) is 0 Å². The predicted molar refractivity (Wildman–Crippen MR) is 61.6 cm³/mol. The standard InChI is InChI=1S/C9H9ClN4OS/c1-5-2-8(15)13-9(12-5)16-4-7-6(10)3-11-14-7/h2-3H,4H2,1H3,(H,11,14)(H,12,13,15). The van der Waals surface area contributed by atoms with Crippen molar-refractivity contribution >= 4 is 23.4 Å². The van der Waals surface area contributed by atoms with Gasteiger partial charge in [0.05, 0.1) is 10.7 Å². The summed E-state index contributed by atoms with van der Waals surface area (Å²) < 4.78 is 0. The van der Waals surface area contributed by atoms with Gasteiger partial charge in [-0.3, -0.25) is 5.10 Å². The fraction of sp³-hybridized carbons (Fsp3) is 0.222. The Morgan fingerprint density at radius 3 is 2.94 bits per heavy atom. The molecule has 0 atom stereocenters. The summed E-state index contributed by atoms with van der Waals surface area (Å²) in [4.78, 5) is 8.06. The summed E-state index contributed by atoms with van der Waals surface area (Å²) in [5.74, 6) is 0.536. The minimum Gasteiger partial charge on any atom is -0.493 e. The van der Waals surface area contributed by atoms with Crippen LogP contribution < -0.4 is 0 Å². The molecule has 0 amide bonds. The number of nitrogens with zero attached hydrogens (tertiary/aromatic N) is 3. The number of nitrogens with one attached hydrogen (secondary N) is 1. The minimum absolute atomic E-state index is 0.0249. The van der Waals surface area contributed by atoms with Gasteiger partial charge in [0.15, 0.2) is 5.16 Å². The van der Waals surface area contributed by atoms with Crippen LogP contribution in [0.3, 0.4) is 0 Å². The Balaban J connectivity index is 2.07. The van der Waals surface area contributed by atoms with Gasteiger partial charge in [-0.25, -0.2) is 4.98 Å². The summed E-state index contributed by atoms with van der Waals surface area (Å²) >= 11 is 7.24. The highest BCUT2D eigenvalue weighted by Crippen LogP contribution is 2.23. The van der Waals surface area contributed by atoms with Crippen LogP contribution in [0.4, 0.5) is 0 Å². The molecular formula is C9H9ClN4OS. The first-order valence-electron chi connectivity index (χ1n) is 4.51. The average Bonchev–Trinajstić information content (AvgIpc) is 2.59. The van der Waals surface area contributed by atoms with Crippen molar-refractivity contribution < 1.29 is 5.11 Å². The summed E-state index contributed by atoms with van der Waals surface area (Å²) in [7, 11) is 0. The molecule has 2 heterocycles. The fourth-order valence-electron chi connectivity index (χ4n) is 1.13. The monoisotopic (exact) mass is 256 g/mol. The summed E-state index contributed by atoms with van der Waals surface area (Å²) in [6.45, 7) is 1.80. The number of aromatic hydroxyl groups is 1. The van der Waals surface area contributed by atoms with Crippen LogP contribution >= 0.6 is 23.4 Å². The summed E-state index contributed by atoms with van der Waals surface area (Å²) in [6.07, 6.45) is 1.62. The van der Waals surface area contributed by atoms with Gasteiger partial charge in [0, 0.05) is 23.7 Å². The van der Waals surface area contributed by atoms with Gasteiger partial charge in [0.25, 0.3) is 0 Å². The third kappa shape index (κ3) is 2.65. The van der Waals surface area contributed by atoms with Crippen molar-refractivity contribution in [1.82, 2.24) is 20.2 Å². The zero-order chi connectivity index (χ0) is 11.5. The van der Waals surface area contributed by atoms with Crippen LogP contribution in [0.1, 0.15) is 11.4 Å². The summed E-state index contributed by atoms with van der Waals surface area (Å²) in [5.41, 5.74) is 1.47. The highest BCUT2D eigenvalue weighted by Gasteiger charge is 2.06. The summed E-state index contributed by atoms with van der Waals surface area (Å²) in [6, 6.07) is 1.51. The Morgan fingerprint density at radius 1 is 1.50 bits per heavy atom. The van der Waals surface area contributed by atoms with E-state index in [0.717, 1.165) is 11.4 Å². The highest BCUT2D eigenvalue weighted by molar-refractivity contribution is 7.98. The number of aromatic nitrogens is 4. The second-order valence-electron chi connectivity index (χ2n) is 3.12. The largest absolute Gasteiger partial charge is 0.493 e. The van der Waals surface area contributed by atoms with E-state index in [1.807, 2.05) is 0 Å². The molecule has 0 aliphatic carbocycles. The SMILES string of the molecule is Cc1cc(O)nc(SCc2n[nH]cc2Cl)n1. The maximum Gasteiger partial charge on any atom is 0.215 e. The van der Waals surface area contributed by atoms with Crippen molar-refractivity contribution in [2.45, 2.75) is 17.8 Å². The number of hydrogen-bond acceptors (Lipinski definition) is 5. The van der Waals surface area contributed by atoms with Crippen molar-refractivity contribution in [2.75, 3.05) is 0 Å². The molecule has 5 nitrogen and oxygen atoms in total. The van der Waals surface area contributed by atoms with Crippen molar-refractivity contribution in [2.24, 2.45) is 0 Å². The first-order chi connectivity index (χ1) is 7.65. The highest BCUT2D eigenvalue weighted by atomic mass is 35.5. The molecule has 0 aromatic carbocycles. The Morgan fingerprint density at radius 2 is 2.31 bits per heavy atom. The lowest BCUT2D eigenvalue weighted by Gasteiger charge is -2.00. The van der Waals surface area contributed by atoms with E-state index in [9.17, 15) is 5.11 Å². The van der Waals surface area contributed by atoms with Crippen LogP contribution in [0.2, 0.25) is 5.02 Å². The molecule has 0 radical (unpaired) electrons. The van der Waals surface area contributed by atoms with E-state index in [-0.39, 0.29) is 5.88 Å². The predicted octanol–water partition coefficient (Wildman–Crippen LogP) is 2.16. The molecule has 16 heavy (non-hydrogen) atoms. The van der Waals surface area contributed by atoms with Crippen LogP contribution in [0.15, 0.2) is 17.4 Å². The van der Waals surface area contributed by atoms with Gasteiger partial charge in [0.2, 0.25) is 5.88 Å². The Hall–Kier alpha value is -1.27. The van der Waals surface area contributed by atoms with Crippen LogP contribution in [0.5, 0.6) is 5.88 Å². The van der Waals surface area contributed by atoms with E-state index in [2.05, 4.69) is 20.2 Å². The molecule has 0 aliphatic heterocycles. The lowest BCUT2D eigenvalue weighted by atomic mass is 10.4. The van der Waals surface area contributed by atoms with Crippen molar-refractivity contribution in [1.29, 1.82) is 0 Å². The van der Waals surface area contributed by atoms with Gasteiger partial charge in [-0.1, -0.05) is 23.4 Å². The van der Waals surface area contributed by atoms with Gasteiger partial charge in [-0.2, -0.15) is 10.1 Å². The van der Waals surface area contributed by atoms with Crippen LogP contribution in [-0.4, -0.2) is 25.3 Å². The van der Waals surface area contributed by atoms with Crippen molar-refractivity contribution in [3.05, 3.63) is 28.7 Å². The van der Waals surface area contributed by atoms with E-state index in [4.69, 9.17) is 11.6 Å². The number of H-pyrrole nitrogens is 1. The topological polar surface area (TPSA) is 74.7 Å². The maximum atomic E-state index is 9.29. The molecule has 0 fully saturated rings. The molecule has 7 heteroatoms. The first kappa shape index (κ1) is 11.2. The van der Waals surface area contributed by atoms with Crippen LogP contribution in [0, 0.1) is 6.92 Å². The lowest BCUT2D eigenvalue weighted by molar-refractivity contribution is 0.444. The molecule has 0 bridgehead atoms. The van der Waals surface area contributed by atoms with Crippen molar-refractivity contribution in [3.8, 4) is 5.88 Å². The number of aryl methyl sites for hydroxylation is 1. The Bertz CT molecular complexity index is 482. The van der Waals surface area contributed by atoms with Gasteiger partial charge in [0.1, 0.15) is 0 Å². The Kier molecular flexibility index (Phi) is 3.31. The molecule has 0 saturated carbocycles. The molecule has 2 aromatic rings. The average molecular weight is 257 g/mol. The molecule has 84 valence electrons. The molecule has 0 aliphatic rings. The number of aromatic amines is 1. The molecule has 0 spiro atoms. The van der Waals surface area contributed by atoms with Gasteiger partial charge in [-0.05, 0) is 6.92 Å². The molecule has 2 rings (SSSR count). The fourth-order valence-corrected chi connectivity index (χ4v) is 2.22. The number of rotatable bonds is 3. The Labute approximate surface area is 101 Å². The zero-order valence-corrected chi connectivity index (χ0v) is 10.0. The second-order valence-corrected chi connectivity index (χ2v) is 4.47. The van der Waals surface area contributed by atoms with Crippen LogP contribution in [0.25, 0.3) is 0 Å². The third-order valence-corrected chi connectivity index (χ3v) is 3.01. The molecule has 0 unspecified atom stereocenters. The number of hydrogen-bond donors (Lipinski definition) is 2. The molecule has 2 N–H and O–H groups in total. The minimum atomic E-state index is -0.0249. The molecular weight excluding hydrogens is 248 g/mol. The molecule has 2 aromatic heterocycles. The first-order valence-corrected chi connectivity index (χ1v) is 5.87. The smallest absolute Gasteiger partial charge is 0.215 e. The molecule has 0 saturated heterocycles. The van der Waals surface area contributed by atoms with Gasteiger partial charge < -0.3 is 5.11 Å². The van der Waals surface area contributed by atoms with Crippen molar-refractivity contribution in [3.63, 3.8) is 0 Å². The van der Waals surface area contributed by atoms with E-state index < -0.39 is 0 Å². The third-order valence-electron chi connectivity index (χ3n) is 1.82. The van der Waals surface area contributed by atoms with E-state index in [1.165, 1.54) is 17.8 Å². The second kappa shape index (κ2) is 4.71. The van der Waals surface area contributed by atoms with E-state index in [1.54, 1.807) is 13.1 Å². The van der Waals surface area contributed by atoms with Gasteiger partial charge >= 0.3 is 0 Å². The number of thioether (sulfide) groups is 1. The zero-order valence-electron chi connectivity index (χ0n) is 8.44. The lowest BCUT2D eigenvalue weighted by Crippen LogP contribution is -1.91. The maximum absolute atomic E-state index is 9.29. The van der Waals surface area contributed by atoms with Crippen LogP contribution in [-0.2, 0) is 5.75 Å². The normalized spacial score (nSPS) is 10.6.